The van der Waals surface area contributed by atoms with Gasteiger partial charge in [-0.15, -0.1) is 0 Å². The SMILES string of the molecule is CCCN(CCC)C(=O)C(C#N)Cc1ccc(Cl)cc1. The van der Waals surface area contributed by atoms with Crippen LogP contribution >= 0.6 is 11.6 Å². The number of halogens is 1. The van der Waals surface area contributed by atoms with Gasteiger partial charge in [0.1, 0.15) is 5.92 Å². The molecule has 1 atom stereocenters. The van der Waals surface area contributed by atoms with Gasteiger partial charge in [-0.3, -0.25) is 4.79 Å². The van der Waals surface area contributed by atoms with Gasteiger partial charge in [-0.05, 0) is 37.0 Å². The van der Waals surface area contributed by atoms with Gasteiger partial charge in [-0.2, -0.15) is 5.26 Å². The molecule has 1 rings (SSSR count). The first-order valence-corrected chi connectivity index (χ1v) is 7.43. The van der Waals surface area contributed by atoms with Crippen LogP contribution < -0.4 is 0 Å². The molecular formula is C16H21ClN2O. The Balaban J connectivity index is 2.76. The number of nitrogens with zero attached hydrogens (tertiary/aromatic N) is 2. The molecule has 4 heteroatoms. The van der Waals surface area contributed by atoms with Gasteiger partial charge in [-0.1, -0.05) is 37.6 Å². The molecular weight excluding hydrogens is 272 g/mol. The van der Waals surface area contributed by atoms with Crippen molar-refractivity contribution in [2.24, 2.45) is 5.92 Å². The van der Waals surface area contributed by atoms with E-state index in [1.54, 1.807) is 17.0 Å². The van der Waals surface area contributed by atoms with Crippen LogP contribution in [-0.2, 0) is 11.2 Å². The van der Waals surface area contributed by atoms with Crippen LogP contribution in [0.1, 0.15) is 32.3 Å². The Morgan fingerprint density at radius 1 is 1.25 bits per heavy atom. The second-order valence-electron chi connectivity index (χ2n) is 4.84. The van der Waals surface area contributed by atoms with Crippen LogP contribution in [0.2, 0.25) is 5.02 Å². The topological polar surface area (TPSA) is 44.1 Å². The van der Waals surface area contributed by atoms with E-state index in [-0.39, 0.29) is 5.91 Å². The molecule has 0 aromatic heterocycles. The minimum absolute atomic E-state index is 0.0637. The predicted molar refractivity (Wildman–Crippen MR) is 81.4 cm³/mol. The highest BCUT2D eigenvalue weighted by molar-refractivity contribution is 6.30. The molecule has 1 amide bonds. The quantitative estimate of drug-likeness (QED) is 0.769. The van der Waals surface area contributed by atoms with E-state index in [0.29, 0.717) is 24.5 Å². The van der Waals surface area contributed by atoms with Gasteiger partial charge >= 0.3 is 0 Å². The molecule has 0 fully saturated rings. The lowest BCUT2D eigenvalue weighted by Gasteiger charge is -2.24. The van der Waals surface area contributed by atoms with Crippen molar-refractivity contribution in [1.29, 1.82) is 5.26 Å². The Bertz CT molecular complexity index is 458. The molecule has 0 bridgehead atoms. The van der Waals surface area contributed by atoms with Crippen molar-refractivity contribution in [3.8, 4) is 6.07 Å². The maximum atomic E-state index is 12.4. The maximum absolute atomic E-state index is 12.4. The van der Waals surface area contributed by atoms with Crippen LogP contribution in [0.15, 0.2) is 24.3 Å². The van der Waals surface area contributed by atoms with E-state index in [9.17, 15) is 10.1 Å². The Hall–Kier alpha value is -1.53. The number of carbonyl (C=O) groups is 1. The Kier molecular flexibility index (Phi) is 7.11. The lowest BCUT2D eigenvalue weighted by molar-refractivity contribution is -0.133. The fraction of sp³-hybridized carbons (Fsp3) is 0.500. The molecule has 0 heterocycles. The van der Waals surface area contributed by atoms with Crippen molar-refractivity contribution < 1.29 is 4.79 Å². The molecule has 0 saturated carbocycles. The molecule has 108 valence electrons. The van der Waals surface area contributed by atoms with Crippen molar-refractivity contribution in [3.05, 3.63) is 34.9 Å². The van der Waals surface area contributed by atoms with Crippen LogP contribution in [0.4, 0.5) is 0 Å². The van der Waals surface area contributed by atoms with E-state index in [2.05, 4.69) is 6.07 Å². The van der Waals surface area contributed by atoms with Crippen molar-refractivity contribution >= 4 is 17.5 Å². The third-order valence-electron chi connectivity index (χ3n) is 3.11. The number of carbonyl (C=O) groups excluding carboxylic acids is 1. The summed E-state index contributed by atoms with van der Waals surface area (Å²) in [5.41, 5.74) is 0.960. The van der Waals surface area contributed by atoms with Crippen molar-refractivity contribution in [2.75, 3.05) is 13.1 Å². The van der Waals surface area contributed by atoms with E-state index in [4.69, 9.17) is 11.6 Å². The van der Waals surface area contributed by atoms with E-state index >= 15 is 0 Å². The molecule has 0 aliphatic heterocycles. The van der Waals surface area contributed by atoms with E-state index < -0.39 is 5.92 Å². The molecule has 0 N–H and O–H groups in total. The molecule has 1 aromatic carbocycles. The number of amides is 1. The summed E-state index contributed by atoms with van der Waals surface area (Å²) < 4.78 is 0. The summed E-state index contributed by atoms with van der Waals surface area (Å²) in [6.07, 6.45) is 2.26. The molecule has 1 unspecified atom stereocenters. The highest BCUT2D eigenvalue weighted by atomic mass is 35.5. The smallest absolute Gasteiger partial charge is 0.240 e. The summed E-state index contributed by atoms with van der Waals surface area (Å²) in [5, 5.41) is 9.93. The van der Waals surface area contributed by atoms with Crippen LogP contribution in [0.25, 0.3) is 0 Å². The van der Waals surface area contributed by atoms with Crippen molar-refractivity contribution in [3.63, 3.8) is 0 Å². The summed E-state index contributed by atoms with van der Waals surface area (Å²) in [6.45, 7) is 5.50. The second kappa shape index (κ2) is 8.60. The Labute approximate surface area is 126 Å². The molecule has 0 spiro atoms. The summed E-state index contributed by atoms with van der Waals surface area (Å²) in [4.78, 5) is 14.2. The standard InChI is InChI=1S/C16H21ClN2O/c1-3-9-19(10-4-2)16(20)14(12-18)11-13-5-7-15(17)8-6-13/h5-8,14H,3-4,9-11H2,1-2H3. The predicted octanol–water partition coefficient (Wildman–Crippen LogP) is 3.67. The zero-order valence-corrected chi connectivity index (χ0v) is 12.9. The summed E-state index contributed by atoms with van der Waals surface area (Å²) in [7, 11) is 0. The third-order valence-corrected chi connectivity index (χ3v) is 3.36. The fourth-order valence-electron chi connectivity index (χ4n) is 2.14. The van der Waals surface area contributed by atoms with E-state index in [1.807, 2.05) is 26.0 Å². The summed E-state index contributed by atoms with van der Waals surface area (Å²) in [5.74, 6) is -0.680. The van der Waals surface area contributed by atoms with E-state index in [0.717, 1.165) is 18.4 Å². The number of rotatable bonds is 7. The molecule has 0 aliphatic rings. The van der Waals surface area contributed by atoms with Gasteiger partial charge < -0.3 is 4.90 Å². The number of hydrogen-bond donors (Lipinski definition) is 0. The number of benzene rings is 1. The number of nitriles is 1. The molecule has 1 aromatic rings. The second-order valence-corrected chi connectivity index (χ2v) is 5.27. The zero-order chi connectivity index (χ0) is 15.0. The highest BCUT2D eigenvalue weighted by Gasteiger charge is 2.23. The largest absolute Gasteiger partial charge is 0.342 e. The average molecular weight is 293 g/mol. The van der Waals surface area contributed by atoms with Gasteiger partial charge in [0.15, 0.2) is 0 Å². The van der Waals surface area contributed by atoms with Crippen molar-refractivity contribution in [2.45, 2.75) is 33.1 Å². The lowest BCUT2D eigenvalue weighted by Crippen LogP contribution is -2.37. The summed E-state index contributed by atoms with van der Waals surface area (Å²) >= 11 is 5.84. The van der Waals surface area contributed by atoms with Gasteiger partial charge in [0.25, 0.3) is 0 Å². The normalized spacial score (nSPS) is 11.7. The first kappa shape index (κ1) is 16.5. The minimum Gasteiger partial charge on any atom is -0.342 e. The van der Waals surface area contributed by atoms with Gasteiger partial charge in [0.2, 0.25) is 5.91 Å². The molecule has 0 aliphatic carbocycles. The fourth-order valence-corrected chi connectivity index (χ4v) is 2.26. The van der Waals surface area contributed by atoms with Crippen LogP contribution in [0, 0.1) is 17.2 Å². The monoisotopic (exact) mass is 292 g/mol. The Morgan fingerprint density at radius 3 is 2.25 bits per heavy atom. The van der Waals surface area contributed by atoms with Gasteiger partial charge in [-0.25, -0.2) is 0 Å². The first-order valence-electron chi connectivity index (χ1n) is 7.05. The molecule has 20 heavy (non-hydrogen) atoms. The molecule has 0 saturated heterocycles. The molecule has 0 radical (unpaired) electrons. The first-order chi connectivity index (χ1) is 9.62. The van der Waals surface area contributed by atoms with Crippen LogP contribution in [-0.4, -0.2) is 23.9 Å². The highest BCUT2D eigenvalue weighted by Crippen LogP contribution is 2.15. The Morgan fingerprint density at radius 2 is 1.80 bits per heavy atom. The average Bonchev–Trinajstić information content (AvgIpc) is 2.46. The third kappa shape index (κ3) is 4.86. The van der Waals surface area contributed by atoms with E-state index in [1.165, 1.54) is 0 Å². The zero-order valence-electron chi connectivity index (χ0n) is 12.1. The number of hydrogen-bond acceptors (Lipinski definition) is 2. The van der Waals surface area contributed by atoms with Gasteiger partial charge in [0, 0.05) is 18.1 Å². The lowest BCUT2D eigenvalue weighted by atomic mass is 9.99. The van der Waals surface area contributed by atoms with Gasteiger partial charge in [0.05, 0.1) is 6.07 Å². The molecule has 3 nitrogen and oxygen atoms in total. The minimum atomic E-state index is -0.616. The summed E-state index contributed by atoms with van der Waals surface area (Å²) in [6, 6.07) is 9.43. The van der Waals surface area contributed by atoms with Crippen LogP contribution in [0.3, 0.4) is 0 Å². The maximum Gasteiger partial charge on any atom is 0.240 e. The van der Waals surface area contributed by atoms with Crippen molar-refractivity contribution in [1.82, 2.24) is 4.90 Å². The van der Waals surface area contributed by atoms with Crippen LogP contribution in [0.5, 0.6) is 0 Å².